The van der Waals surface area contributed by atoms with Crippen molar-refractivity contribution in [1.29, 1.82) is 0 Å². The number of nitrogens with zero attached hydrogens (tertiary/aromatic N) is 1. The molecule has 1 amide bonds. The van der Waals surface area contributed by atoms with Crippen LogP contribution in [0, 0.1) is 0 Å². The predicted octanol–water partition coefficient (Wildman–Crippen LogP) is 0.219. The molecular weight excluding hydrogens is 270 g/mol. The van der Waals surface area contributed by atoms with Crippen molar-refractivity contribution in [3.8, 4) is 5.75 Å². The molecule has 0 spiro atoms. The van der Waals surface area contributed by atoms with Crippen LogP contribution in [-0.2, 0) is 17.9 Å². The summed E-state index contributed by atoms with van der Waals surface area (Å²) in [6.07, 6.45) is 1.66. The number of primary amides is 1. The summed E-state index contributed by atoms with van der Waals surface area (Å²) >= 11 is 0. The number of rotatable bonds is 6. The van der Waals surface area contributed by atoms with E-state index in [2.05, 4.69) is 0 Å². The molecule has 1 aromatic heterocycles. The Labute approximate surface area is 121 Å². The van der Waals surface area contributed by atoms with E-state index in [-0.39, 0.29) is 17.9 Å². The number of pyridine rings is 1. The van der Waals surface area contributed by atoms with Crippen molar-refractivity contribution in [2.75, 3.05) is 6.61 Å². The molecule has 0 aliphatic carbocycles. The van der Waals surface area contributed by atoms with Gasteiger partial charge in [-0.25, -0.2) is 0 Å². The van der Waals surface area contributed by atoms with Crippen LogP contribution in [0.2, 0.25) is 0 Å². The fourth-order valence-corrected chi connectivity index (χ4v) is 1.88. The van der Waals surface area contributed by atoms with Gasteiger partial charge in [-0.1, -0.05) is 24.3 Å². The molecule has 0 aliphatic rings. The second-order valence-corrected chi connectivity index (χ2v) is 4.58. The van der Waals surface area contributed by atoms with Crippen LogP contribution in [0.1, 0.15) is 11.1 Å². The third kappa shape index (κ3) is 3.93. The molecule has 1 aromatic carbocycles. The zero-order valence-corrected chi connectivity index (χ0v) is 11.5. The maximum Gasteiger partial charge on any atom is 0.293 e. The Morgan fingerprint density at radius 3 is 2.43 bits per heavy atom. The van der Waals surface area contributed by atoms with Gasteiger partial charge in [0.25, 0.3) is 11.5 Å². The predicted molar refractivity (Wildman–Crippen MR) is 78.8 cm³/mol. The first-order chi connectivity index (χ1) is 10.1. The van der Waals surface area contributed by atoms with Gasteiger partial charge in [0.1, 0.15) is 0 Å². The van der Waals surface area contributed by atoms with Gasteiger partial charge in [-0.15, -0.1) is 0 Å². The highest BCUT2D eigenvalue weighted by atomic mass is 16.5. The van der Waals surface area contributed by atoms with Crippen LogP contribution >= 0.6 is 0 Å². The van der Waals surface area contributed by atoms with Crippen molar-refractivity contribution in [3.05, 3.63) is 64.1 Å². The first kappa shape index (κ1) is 14.8. The van der Waals surface area contributed by atoms with Gasteiger partial charge in [-0.05, 0) is 23.3 Å². The van der Waals surface area contributed by atoms with Crippen molar-refractivity contribution >= 4 is 5.91 Å². The molecule has 0 aliphatic heterocycles. The van der Waals surface area contributed by atoms with E-state index in [1.54, 1.807) is 12.3 Å². The first-order valence-electron chi connectivity index (χ1n) is 6.48. The van der Waals surface area contributed by atoms with E-state index in [0.717, 1.165) is 11.1 Å². The van der Waals surface area contributed by atoms with Gasteiger partial charge in [0.15, 0.2) is 12.4 Å². The summed E-state index contributed by atoms with van der Waals surface area (Å²) in [6, 6.07) is 10.9. The van der Waals surface area contributed by atoms with Gasteiger partial charge in [-0.2, -0.15) is 0 Å². The van der Waals surface area contributed by atoms with E-state index in [1.165, 1.54) is 10.6 Å². The molecule has 4 N–H and O–H groups in total. The van der Waals surface area contributed by atoms with Crippen molar-refractivity contribution in [3.63, 3.8) is 0 Å². The normalized spacial score (nSPS) is 10.3. The molecule has 0 bridgehead atoms. The van der Waals surface area contributed by atoms with E-state index in [4.69, 9.17) is 16.2 Å². The van der Waals surface area contributed by atoms with Crippen LogP contribution in [0.15, 0.2) is 47.4 Å². The average Bonchev–Trinajstić information content (AvgIpc) is 2.49. The molecule has 0 atom stereocenters. The molecule has 0 saturated carbocycles. The number of benzene rings is 1. The van der Waals surface area contributed by atoms with Crippen LogP contribution in [0.25, 0.3) is 0 Å². The van der Waals surface area contributed by atoms with Gasteiger partial charge in [0.2, 0.25) is 0 Å². The van der Waals surface area contributed by atoms with E-state index in [1.807, 2.05) is 24.3 Å². The Morgan fingerprint density at radius 2 is 1.81 bits per heavy atom. The van der Waals surface area contributed by atoms with Gasteiger partial charge < -0.3 is 20.8 Å². The Kier molecular flexibility index (Phi) is 4.73. The molecule has 6 nitrogen and oxygen atoms in total. The number of hydrogen-bond donors (Lipinski definition) is 2. The number of aromatic nitrogens is 1. The maximum absolute atomic E-state index is 12.2. The quantitative estimate of drug-likeness (QED) is 0.793. The largest absolute Gasteiger partial charge is 0.478 e. The van der Waals surface area contributed by atoms with Crippen molar-refractivity contribution in [2.24, 2.45) is 11.5 Å². The second-order valence-electron chi connectivity index (χ2n) is 4.58. The van der Waals surface area contributed by atoms with E-state index < -0.39 is 5.91 Å². The summed E-state index contributed by atoms with van der Waals surface area (Å²) in [6.45, 7) is 0.582. The van der Waals surface area contributed by atoms with Crippen LogP contribution in [0.3, 0.4) is 0 Å². The third-order valence-corrected chi connectivity index (χ3v) is 2.97. The highest BCUT2D eigenvalue weighted by Gasteiger charge is 2.06. The standard InChI is InChI=1S/C15H17N3O3/c16-8-11-3-5-12(6-4-11)9-18-7-1-2-13(15(18)20)21-10-14(17)19/h1-7H,8-10,16H2,(H2,17,19). The lowest BCUT2D eigenvalue weighted by atomic mass is 10.1. The fraction of sp³-hybridized carbons (Fsp3) is 0.200. The molecule has 21 heavy (non-hydrogen) atoms. The molecule has 6 heteroatoms. The lowest BCUT2D eigenvalue weighted by Gasteiger charge is -2.09. The number of nitrogens with two attached hydrogens (primary N) is 2. The van der Waals surface area contributed by atoms with Crippen LogP contribution in [0.5, 0.6) is 5.75 Å². The van der Waals surface area contributed by atoms with Crippen molar-refractivity contribution in [1.82, 2.24) is 4.57 Å². The zero-order chi connectivity index (χ0) is 15.2. The summed E-state index contributed by atoms with van der Waals surface area (Å²) in [5, 5.41) is 0. The van der Waals surface area contributed by atoms with E-state index in [9.17, 15) is 9.59 Å². The molecule has 0 fully saturated rings. The molecule has 2 rings (SSSR count). The Bertz CT molecular complexity index is 677. The molecule has 110 valence electrons. The summed E-state index contributed by atoms with van der Waals surface area (Å²) in [4.78, 5) is 22.9. The number of amides is 1. The third-order valence-electron chi connectivity index (χ3n) is 2.97. The lowest BCUT2D eigenvalue weighted by molar-refractivity contribution is -0.119. The first-order valence-corrected chi connectivity index (χ1v) is 6.48. The topological polar surface area (TPSA) is 100 Å². The molecule has 0 unspecified atom stereocenters. The van der Waals surface area contributed by atoms with Crippen molar-refractivity contribution in [2.45, 2.75) is 13.1 Å². The van der Waals surface area contributed by atoms with Gasteiger partial charge >= 0.3 is 0 Å². The van der Waals surface area contributed by atoms with Crippen LogP contribution in [-0.4, -0.2) is 17.1 Å². The lowest BCUT2D eigenvalue weighted by Crippen LogP contribution is -2.26. The van der Waals surface area contributed by atoms with Crippen molar-refractivity contribution < 1.29 is 9.53 Å². The second kappa shape index (κ2) is 6.71. The average molecular weight is 287 g/mol. The van der Waals surface area contributed by atoms with Crippen LogP contribution in [0.4, 0.5) is 0 Å². The van der Waals surface area contributed by atoms with E-state index >= 15 is 0 Å². The maximum atomic E-state index is 12.2. The zero-order valence-electron chi connectivity index (χ0n) is 11.5. The number of ether oxygens (including phenoxy) is 1. The highest BCUT2D eigenvalue weighted by molar-refractivity contribution is 5.75. The summed E-state index contributed by atoms with van der Waals surface area (Å²) in [5.74, 6) is -0.517. The smallest absolute Gasteiger partial charge is 0.293 e. The minimum Gasteiger partial charge on any atom is -0.478 e. The summed E-state index contributed by atoms with van der Waals surface area (Å²) in [5.41, 5.74) is 12.2. The summed E-state index contributed by atoms with van der Waals surface area (Å²) < 4.78 is 6.60. The number of carbonyl (C=O) groups is 1. The molecule has 0 radical (unpaired) electrons. The minimum absolute atomic E-state index is 0.106. The SMILES string of the molecule is NCc1ccc(Cn2cccc(OCC(N)=O)c2=O)cc1. The Morgan fingerprint density at radius 1 is 1.14 bits per heavy atom. The fourth-order valence-electron chi connectivity index (χ4n) is 1.88. The van der Waals surface area contributed by atoms with Crippen LogP contribution < -0.4 is 21.8 Å². The molecular formula is C15H17N3O3. The molecule has 0 saturated heterocycles. The van der Waals surface area contributed by atoms with Gasteiger partial charge in [0, 0.05) is 12.7 Å². The van der Waals surface area contributed by atoms with E-state index in [0.29, 0.717) is 13.1 Å². The van der Waals surface area contributed by atoms with Gasteiger partial charge in [0.05, 0.1) is 6.54 Å². The number of hydrogen-bond acceptors (Lipinski definition) is 4. The highest BCUT2D eigenvalue weighted by Crippen LogP contribution is 2.07. The summed E-state index contributed by atoms with van der Waals surface area (Å²) in [7, 11) is 0. The Balaban J connectivity index is 2.17. The number of carbonyl (C=O) groups excluding carboxylic acids is 1. The molecule has 2 aromatic rings. The van der Waals surface area contributed by atoms with Gasteiger partial charge in [-0.3, -0.25) is 9.59 Å². The Hall–Kier alpha value is -2.60. The minimum atomic E-state index is -0.623. The monoisotopic (exact) mass is 287 g/mol. The molecule has 1 heterocycles.